The molecule has 0 unspecified atom stereocenters. The molecule has 0 radical (unpaired) electrons. The van der Waals surface area contributed by atoms with Gasteiger partial charge >= 0.3 is 0 Å². The summed E-state index contributed by atoms with van der Waals surface area (Å²) in [7, 11) is -1.51. The van der Waals surface area contributed by atoms with Crippen molar-refractivity contribution in [3.8, 4) is 17.1 Å². The topological polar surface area (TPSA) is 85.5 Å². The van der Waals surface area contributed by atoms with Gasteiger partial charge in [-0.25, -0.2) is 12.7 Å². The van der Waals surface area contributed by atoms with Crippen molar-refractivity contribution in [2.45, 2.75) is 25.7 Å². The summed E-state index contributed by atoms with van der Waals surface area (Å²) in [6, 6.07) is 7.48. The highest BCUT2D eigenvalue weighted by Gasteiger charge is 2.30. The lowest BCUT2D eigenvalue weighted by Gasteiger charge is -2.29. The minimum Gasteiger partial charge on any atom is -0.497 e. The molecule has 1 aromatic carbocycles. The Morgan fingerprint density at radius 2 is 2.08 bits per heavy atom. The van der Waals surface area contributed by atoms with E-state index in [2.05, 4.69) is 10.1 Å². The van der Waals surface area contributed by atoms with Gasteiger partial charge in [-0.3, -0.25) is 0 Å². The smallest absolute Gasteiger partial charge is 0.230 e. The molecule has 0 spiro atoms. The zero-order valence-electron chi connectivity index (χ0n) is 13.8. The number of benzene rings is 1. The lowest BCUT2D eigenvalue weighted by Crippen LogP contribution is -2.38. The minimum atomic E-state index is -3.12. The number of hydrogen-bond acceptors (Lipinski definition) is 6. The fourth-order valence-corrected chi connectivity index (χ4v) is 3.98. The summed E-state index contributed by atoms with van der Waals surface area (Å²) in [4.78, 5) is 4.49. The van der Waals surface area contributed by atoms with Crippen LogP contribution in [-0.2, 0) is 10.0 Å². The highest BCUT2D eigenvalue weighted by Crippen LogP contribution is 2.30. The van der Waals surface area contributed by atoms with E-state index in [1.54, 1.807) is 18.3 Å². The monoisotopic (exact) mass is 351 g/mol. The molecular weight excluding hydrogens is 330 g/mol. The molecule has 1 aromatic heterocycles. The Labute approximate surface area is 141 Å². The van der Waals surface area contributed by atoms with Gasteiger partial charge in [-0.15, -0.1) is 0 Å². The predicted octanol–water partition coefficient (Wildman–Crippen LogP) is 2.27. The number of hydrogen-bond donors (Lipinski definition) is 0. The van der Waals surface area contributed by atoms with E-state index in [0.29, 0.717) is 37.6 Å². The second-order valence-electron chi connectivity index (χ2n) is 5.76. The molecule has 7 nitrogen and oxygen atoms in total. The summed E-state index contributed by atoms with van der Waals surface area (Å²) < 4.78 is 36.0. The van der Waals surface area contributed by atoms with Crippen LogP contribution in [0.5, 0.6) is 5.75 Å². The average Bonchev–Trinajstić information content (AvgIpc) is 3.12. The number of methoxy groups -OCH3 is 1. The normalized spacial score (nSPS) is 17.1. The predicted molar refractivity (Wildman–Crippen MR) is 89.3 cm³/mol. The van der Waals surface area contributed by atoms with Gasteiger partial charge in [-0.2, -0.15) is 4.98 Å². The van der Waals surface area contributed by atoms with Gasteiger partial charge in [0, 0.05) is 24.6 Å². The van der Waals surface area contributed by atoms with E-state index < -0.39 is 10.0 Å². The molecule has 0 bridgehead atoms. The Hall–Kier alpha value is -1.93. The Bertz CT molecular complexity index is 795. The van der Waals surface area contributed by atoms with E-state index in [0.717, 1.165) is 11.3 Å². The Balaban J connectivity index is 1.71. The molecule has 0 saturated carbocycles. The molecule has 24 heavy (non-hydrogen) atoms. The maximum Gasteiger partial charge on any atom is 0.230 e. The zero-order valence-corrected chi connectivity index (χ0v) is 14.6. The van der Waals surface area contributed by atoms with Crippen LogP contribution >= 0.6 is 0 Å². The summed E-state index contributed by atoms with van der Waals surface area (Å²) in [6.45, 7) is 2.66. The summed E-state index contributed by atoms with van der Waals surface area (Å²) >= 11 is 0. The van der Waals surface area contributed by atoms with Crippen molar-refractivity contribution in [3.63, 3.8) is 0 Å². The van der Waals surface area contributed by atoms with Crippen LogP contribution in [0.3, 0.4) is 0 Å². The van der Waals surface area contributed by atoms with Crippen LogP contribution in [0.25, 0.3) is 11.4 Å². The summed E-state index contributed by atoms with van der Waals surface area (Å²) in [5.74, 6) is 2.06. The molecule has 0 aliphatic carbocycles. The lowest BCUT2D eigenvalue weighted by molar-refractivity contribution is 0.271. The second-order valence-corrected chi connectivity index (χ2v) is 8.02. The van der Waals surface area contributed by atoms with Crippen molar-refractivity contribution in [2.24, 2.45) is 0 Å². The van der Waals surface area contributed by atoms with E-state index >= 15 is 0 Å². The molecule has 2 aromatic rings. The quantitative estimate of drug-likeness (QED) is 0.821. The number of rotatable bonds is 5. The van der Waals surface area contributed by atoms with Crippen LogP contribution in [0.2, 0.25) is 0 Å². The van der Waals surface area contributed by atoms with Gasteiger partial charge < -0.3 is 9.26 Å². The second kappa shape index (κ2) is 6.90. The Morgan fingerprint density at radius 3 is 2.75 bits per heavy atom. The first-order valence-electron chi connectivity index (χ1n) is 7.99. The van der Waals surface area contributed by atoms with Crippen LogP contribution in [0.15, 0.2) is 28.8 Å². The van der Waals surface area contributed by atoms with Crippen LogP contribution < -0.4 is 4.74 Å². The first-order valence-corrected chi connectivity index (χ1v) is 9.60. The van der Waals surface area contributed by atoms with Gasteiger partial charge in [0.2, 0.25) is 21.7 Å². The van der Waals surface area contributed by atoms with Gasteiger partial charge in [0.15, 0.2) is 0 Å². The molecule has 0 N–H and O–H groups in total. The molecule has 3 rings (SSSR count). The molecule has 1 aliphatic heterocycles. The van der Waals surface area contributed by atoms with Crippen LogP contribution in [0.1, 0.15) is 31.6 Å². The van der Waals surface area contributed by atoms with E-state index in [-0.39, 0.29) is 11.7 Å². The molecule has 0 atom stereocenters. The summed E-state index contributed by atoms with van der Waals surface area (Å²) in [6.07, 6.45) is 1.39. The number of ether oxygens (including phenoxy) is 1. The van der Waals surface area contributed by atoms with Gasteiger partial charge in [-0.1, -0.05) is 17.3 Å². The van der Waals surface area contributed by atoms with E-state index in [1.165, 1.54) is 0 Å². The fourth-order valence-electron chi connectivity index (χ4n) is 2.84. The van der Waals surface area contributed by atoms with Crippen molar-refractivity contribution in [3.05, 3.63) is 30.2 Å². The molecular formula is C16H21N3O4S. The molecule has 2 heterocycles. The maximum absolute atomic E-state index is 11.9. The molecule has 1 fully saturated rings. The van der Waals surface area contributed by atoms with Crippen LogP contribution in [0, 0.1) is 0 Å². The minimum absolute atomic E-state index is 0.0974. The molecule has 130 valence electrons. The number of sulfonamides is 1. The highest BCUT2D eigenvalue weighted by molar-refractivity contribution is 7.89. The molecule has 1 saturated heterocycles. The van der Waals surface area contributed by atoms with E-state index in [9.17, 15) is 8.42 Å². The Kier molecular flexibility index (Phi) is 4.86. The first kappa shape index (κ1) is 16.9. The molecule has 8 heteroatoms. The lowest BCUT2D eigenvalue weighted by atomic mass is 9.98. The summed E-state index contributed by atoms with van der Waals surface area (Å²) in [5.41, 5.74) is 0.829. The summed E-state index contributed by atoms with van der Waals surface area (Å²) in [5, 5.41) is 4.05. The van der Waals surface area contributed by atoms with Crippen molar-refractivity contribution in [2.75, 3.05) is 26.0 Å². The van der Waals surface area contributed by atoms with Gasteiger partial charge in [0.05, 0.1) is 12.9 Å². The SMILES string of the molecule is CCS(=O)(=O)N1CCC(c2nc(-c3cccc(OC)c3)no2)CC1. The van der Waals surface area contributed by atoms with Gasteiger partial charge in [0.25, 0.3) is 0 Å². The third-order valence-corrected chi connectivity index (χ3v) is 6.21. The standard InChI is InChI=1S/C16H21N3O4S/c1-3-24(20,21)19-9-7-12(8-10-19)16-17-15(18-23-16)13-5-4-6-14(11-13)22-2/h4-6,11-12H,3,7-10H2,1-2H3. The fraction of sp³-hybridized carbons (Fsp3) is 0.500. The third-order valence-electron chi connectivity index (χ3n) is 4.33. The molecule has 0 amide bonds. The number of piperidine rings is 1. The van der Waals surface area contributed by atoms with Crippen molar-refractivity contribution >= 4 is 10.0 Å². The van der Waals surface area contributed by atoms with Crippen molar-refractivity contribution < 1.29 is 17.7 Å². The third kappa shape index (κ3) is 3.44. The van der Waals surface area contributed by atoms with E-state index in [1.807, 2.05) is 24.3 Å². The van der Waals surface area contributed by atoms with Crippen LogP contribution in [0.4, 0.5) is 0 Å². The van der Waals surface area contributed by atoms with Crippen molar-refractivity contribution in [1.82, 2.24) is 14.4 Å². The zero-order chi connectivity index (χ0) is 17.2. The Morgan fingerprint density at radius 1 is 1.33 bits per heavy atom. The van der Waals surface area contributed by atoms with Gasteiger partial charge in [-0.05, 0) is 31.9 Å². The highest BCUT2D eigenvalue weighted by atomic mass is 32.2. The van der Waals surface area contributed by atoms with Gasteiger partial charge in [0.1, 0.15) is 5.75 Å². The average molecular weight is 351 g/mol. The first-order chi connectivity index (χ1) is 11.5. The maximum atomic E-state index is 11.9. The number of aromatic nitrogens is 2. The van der Waals surface area contributed by atoms with Crippen molar-refractivity contribution in [1.29, 1.82) is 0 Å². The van der Waals surface area contributed by atoms with Crippen LogP contribution in [-0.4, -0.2) is 48.8 Å². The van der Waals surface area contributed by atoms with E-state index in [4.69, 9.17) is 9.26 Å². The molecule has 1 aliphatic rings. The largest absolute Gasteiger partial charge is 0.497 e. The number of nitrogens with zero attached hydrogens (tertiary/aromatic N) is 3.